The number of nitrogens with zero attached hydrogens (tertiary/aromatic N) is 2. The smallest absolute Gasteiger partial charge is 0.490 e. The van der Waals surface area contributed by atoms with Gasteiger partial charge in [-0.1, -0.05) is 12.1 Å². The van der Waals surface area contributed by atoms with Crippen LogP contribution in [0.4, 0.5) is 24.9 Å². The number of aliphatic carboxylic acids is 1. The van der Waals surface area contributed by atoms with E-state index in [9.17, 15) is 18.0 Å². The first-order chi connectivity index (χ1) is 14.6. The van der Waals surface area contributed by atoms with Crippen molar-refractivity contribution in [2.24, 2.45) is 0 Å². The van der Waals surface area contributed by atoms with Gasteiger partial charge in [-0.15, -0.1) is 0 Å². The molecule has 3 rings (SSSR count). The zero-order chi connectivity index (χ0) is 23.0. The van der Waals surface area contributed by atoms with Crippen LogP contribution >= 0.6 is 0 Å². The number of carboxylic acid groups (broad SMARTS) is 1. The molecule has 5 N–H and O–H groups in total. The summed E-state index contributed by atoms with van der Waals surface area (Å²) in [5.41, 5.74) is 6.70. The summed E-state index contributed by atoms with van der Waals surface area (Å²) in [6.45, 7) is 1.90. The topological polar surface area (TPSA) is 139 Å². The number of rotatable bonds is 5. The van der Waals surface area contributed by atoms with Gasteiger partial charge in [0.05, 0.1) is 18.2 Å². The molecule has 168 valence electrons. The van der Waals surface area contributed by atoms with E-state index in [1.54, 1.807) is 24.3 Å². The van der Waals surface area contributed by atoms with Crippen molar-refractivity contribution in [1.82, 2.24) is 15.3 Å². The van der Waals surface area contributed by atoms with Gasteiger partial charge in [0.25, 0.3) is 0 Å². The van der Waals surface area contributed by atoms with E-state index in [4.69, 9.17) is 20.4 Å². The minimum absolute atomic E-state index is 0.159. The van der Waals surface area contributed by atoms with Crippen molar-refractivity contribution in [3.63, 3.8) is 0 Å². The third-order valence-corrected chi connectivity index (χ3v) is 4.29. The maximum absolute atomic E-state index is 12.7. The Hall–Kier alpha value is -3.41. The molecule has 1 aliphatic rings. The van der Waals surface area contributed by atoms with Crippen molar-refractivity contribution < 1.29 is 32.6 Å². The number of alkyl halides is 3. The summed E-state index contributed by atoms with van der Waals surface area (Å²) >= 11 is 0. The summed E-state index contributed by atoms with van der Waals surface area (Å²) in [6, 6.07) is 7.28. The molecule has 12 heteroatoms. The van der Waals surface area contributed by atoms with Gasteiger partial charge >= 0.3 is 12.1 Å². The molecule has 0 aliphatic carbocycles. The van der Waals surface area contributed by atoms with E-state index in [-0.39, 0.29) is 23.2 Å². The second-order valence-electron chi connectivity index (χ2n) is 6.51. The first kappa shape index (κ1) is 23.9. The molecular weight excluding hydrogens is 419 g/mol. The Bertz CT molecular complexity index is 918. The molecule has 0 spiro atoms. The monoisotopic (exact) mass is 441 g/mol. The molecule has 1 aromatic carbocycles. The minimum Gasteiger partial charge on any atom is -0.496 e. The highest BCUT2D eigenvalue weighted by Crippen LogP contribution is 2.23. The fourth-order valence-electron chi connectivity index (χ4n) is 2.77. The molecule has 1 unspecified atom stereocenters. The number of carboxylic acids is 1. The summed E-state index contributed by atoms with van der Waals surface area (Å²) in [4.78, 5) is 30.1. The quantitative estimate of drug-likeness (QED) is 0.514. The number of nitrogen functional groups attached to an aromatic ring is 1. The number of aromatic nitrogens is 2. The zero-order valence-electron chi connectivity index (χ0n) is 16.6. The fourth-order valence-corrected chi connectivity index (χ4v) is 2.77. The second-order valence-corrected chi connectivity index (χ2v) is 6.51. The molecule has 1 aliphatic heterocycles. The van der Waals surface area contributed by atoms with E-state index in [1.807, 2.05) is 0 Å². The third-order valence-electron chi connectivity index (χ3n) is 4.29. The number of ether oxygens (including phenoxy) is 1. The van der Waals surface area contributed by atoms with Gasteiger partial charge in [0, 0.05) is 18.8 Å². The number of methoxy groups -OCH3 is 1. The number of piperidine rings is 1. The first-order valence-electron chi connectivity index (χ1n) is 9.21. The molecule has 1 atom stereocenters. The van der Waals surface area contributed by atoms with Gasteiger partial charge in [0.15, 0.2) is 0 Å². The van der Waals surface area contributed by atoms with Gasteiger partial charge in [-0.05, 0) is 31.5 Å². The summed E-state index contributed by atoms with van der Waals surface area (Å²) in [7, 11) is 1.52. The predicted octanol–water partition coefficient (Wildman–Crippen LogP) is 2.10. The van der Waals surface area contributed by atoms with Crippen LogP contribution in [-0.4, -0.2) is 59.2 Å². The molecule has 2 heterocycles. The van der Waals surface area contributed by atoms with Crippen molar-refractivity contribution in [3.05, 3.63) is 41.6 Å². The van der Waals surface area contributed by atoms with Crippen molar-refractivity contribution in [2.75, 3.05) is 31.2 Å². The van der Waals surface area contributed by atoms with E-state index in [2.05, 4.69) is 20.6 Å². The Balaban J connectivity index is 0.000000423. The van der Waals surface area contributed by atoms with Crippen molar-refractivity contribution in [3.8, 4) is 5.75 Å². The summed E-state index contributed by atoms with van der Waals surface area (Å²) in [5.74, 6) is -1.91. The van der Waals surface area contributed by atoms with Crippen molar-refractivity contribution >= 4 is 23.5 Å². The van der Waals surface area contributed by atoms with Crippen LogP contribution in [0.15, 0.2) is 30.5 Å². The normalized spacial score (nSPS) is 15.9. The van der Waals surface area contributed by atoms with Crippen LogP contribution < -0.4 is 21.1 Å². The Kier molecular flexibility index (Phi) is 8.14. The van der Waals surface area contributed by atoms with E-state index < -0.39 is 12.1 Å². The van der Waals surface area contributed by atoms with Crippen molar-refractivity contribution in [2.45, 2.75) is 25.1 Å². The molecule has 0 saturated carbocycles. The number of hydrogen-bond acceptors (Lipinski definition) is 8. The number of para-hydroxylation sites is 1. The number of carbonyl (C=O) groups excluding carboxylic acids is 1. The summed E-state index contributed by atoms with van der Waals surface area (Å²) in [5, 5.41) is 13.7. The number of halogens is 3. The average molecular weight is 441 g/mol. The molecule has 1 fully saturated rings. The predicted molar refractivity (Wildman–Crippen MR) is 106 cm³/mol. The van der Waals surface area contributed by atoms with Gasteiger partial charge in [0.1, 0.15) is 11.6 Å². The largest absolute Gasteiger partial charge is 0.496 e. The molecule has 0 bridgehead atoms. The van der Waals surface area contributed by atoms with Gasteiger partial charge in [-0.2, -0.15) is 18.2 Å². The van der Waals surface area contributed by atoms with Crippen molar-refractivity contribution in [1.29, 1.82) is 0 Å². The fraction of sp³-hybridized carbons (Fsp3) is 0.368. The van der Waals surface area contributed by atoms with Gasteiger partial charge in [0.2, 0.25) is 11.7 Å². The van der Waals surface area contributed by atoms with E-state index >= 15 is 0 Å². The highest BCUT2D eigenvalue weighted by atomic mass is 19.4. The van der Waals surface area contributed by atoms with Gasteiger partial charge in [-0.3, -0.25) is 4.79 Å². The van der Waals surface area contributed by atoms with Crippen LogP contribution in [-0.2, 0) is 4.79 Å². The molecule has 1 saturated heterocycles. The highest BCUT2D eigenvalue weighted by molar-refractivity contribution is 6.13. The van der Waals surface area contributed by atoms with E-state index in [1.165, 1.54) is 13.3 Å². The average Bonchev–Trinajstić information content (AvgIpc) is 2.74. The SMILES string of the molecule is COc1ccccc1C(=O)c1cnc(NC2CCCNC2)nc1N.O=C(O)C(F)(F)F. The lowest BCUT2D eigenvalue weighted by atomic mass is 10.0. The molecule has 0 amide bonds. The Morgan fingerprint density at radius 2 is 1.97 bits per heavy atom. The molecular formula is C19H22F3N5O4. The summed E-state index contributed by atoms with van der Waals surface area (Å²) in [6.07, 6.45) is -1.45. The number of hydrogen-bond donors (Lipinski definition) is 4. The number of ketones is 1. The van der Waals surface area contributed by atoms with Crippen LogP contribution in [0.3, 0.4) is 0 Å². The molecule has 1 aromatic heterocycles. The first-order valence-corrected chi connectivity index (χ1v) is 9.21. The number of nitrogens with one attached hydrogen (secondary N) is 2. The lowest BCUT2D eigenvalue weighted by molar-refractivity contribution is -0.192. The van der Waals surface area contributed by atoms with Gasteiger partial charge < -0.3 is 26.2 Å². The molecule has 31 heavy (non-hydrogen) atoms. The number of benzene rings is 1. The molecule has 9 nitrogen and oxygen atoms in total. The lowest BCUT2D eigenvalue weighted by Gasteiger charge is -2.23. The second kappa shape index (κ2) is 10.6. The van der Waals surface area contributed by atoms with E-state index in [0.717, 1.165) is 25.9 Å². The Labute approximate surface area is 175 Å². The zero-order valence-corrected chi connectivity index (χ0v) is 16.6. The van der Waals surface area contributed by atoms with Crippen LogP contribution in [0.25, 0.3) is 0 Å². The third kappa shape index (κ3) is 6.81. The van der Waals surface area contributed by atoms with E-state index in [0.29, 0.717) is 17.3 Å². The van der Waals surface area contributed by atoms with Crippen LogP contribution in [0.1, 0.15) is 28.8 Å². The lowest BCUT2D eigenvalue weighted by Crippen LogP contribution is -2.38. The molecule has 2 aromatic rings. The minimum atomic E-state index is -5.08. The highest BCUT2D eigenvalue weighted by Gasteiger charge is 2.38. The standard InChI is InChI=1S/C17H21N5O2.C2HF3O2/c1-24-14-7-3-2-6-12(14)15(23)13-10-20-17(22-16(13)18)21-11-5-4-8-19-9-11;3-2(4,5)1(6)7/h2-3,6-7,10-11,19H,4-5,8-9H2,1H3,(H3,18,20,21,22);(H,6,7). The molecule has 0 radical (unpaired) electrons. The Morgan fingerprint density at radius 3 is 2.52 bits per heavy atom. The number of anilines is 2. The maximum atomic E-state index is 12.7. The Morgan fingerprint density at radius 1 is 1.29 bits per heavy atom. The van der Waals surface area contributed by atoms with Crippen LogP contribution in [0.2, 0.25) is 0 Å². The summed E-state index contributed by atoms with van der Waals surface area (Å²) < 4.78 is 37.0. The number of nitrogens with two attached hydrogens (primary N) is 1. The van der Waals surface area contributed by atoms with Gasteiger partial charge in [-0.25, -0.2) is 9.78 Å². The van der Waals surface area contributed by atoms with Crippen LogP contribution in [0.5, 0.6) is 5.75 Å². The van der Waals surface area contributed by atoms with Crippen LogP contribution in [0, 0.1) is 0 Å². The maximum Gasteiger partial charge on any atom is 0.490 e. The number of carbonyl (C=O) groups is 2.